The molecular formula is C15H20N2S. The lowest BCUT2D eigenvalue weighted by Gasteiger charge is -2.18. The Bertz CT molecular complexity index is 505. The van der Waals surface area contributed by atoms with Gasteiger partial charge in [-0.05, 0) is 49.2 Å². The summed E-state index contributed by atoms with van der Waals surface area (Å²) in [4.78, 5) is 7.08. The van der Waals surface area contributed by atoms with Gasteiger partial charge in [0.25, 0.3) is 0 Å². The Kier molecular flexibility index (Phi) is 4.50. The molecule has 1 atom stereocenters. The molecule has 0 radical (unpaired) electrons. The standard InChI is InChI=1S/C15H20N2S/c1-4-12-6-7-14(18-12)15(17-5-2)13-10-16-9-8-11(13)3/h6-10,15,17H,4-5H2,1-3H3. The zero-order valence-electron chi connectivity index (χ0n) is 11.2. The van der Waals surface area contributed by atoms with Gasteiger partial charge >= 0.3 is 0 Å². The number of nitrogens with zero attached hydrogens (tertiary/aromatic N) is 1. The molecule has 0 aliphatic rings. The molecule has 1 N–H and O–H groups in total. The van der Waals surface area contributed by atoms with Crippen LogP contribution in [0.15, 0.2) is 30.6 Å². The van der Waals surface area contributed by atoms with Crippen molar-refractivity contribution in [3.05, 3.63) is 51.5 Å². The summed E-state index contributed by atoms with van der Waals surface area (Å²) < 4.78 is 0. The van der Waals surface area contributed by atoms with E-state index in [9.17, 15) is 0 Å². The highest BCUT2D eigenvalue weighted by molar-refractivity contribution is 7.12. The molecule has 0 bridgehead atoms. The molecule has 0 amide bonds. The SMILES string of the molecule is CCNC(c1ccc(CC)s1)c1cnccc1C. The summed E-state index contributed by atoms with van der Waals surface area (Å²) in [6.45, 7) is 7.45. The van der Waals surface area contributed by atoms with E-state index >= 15 is 0 Å². The lowest BCUT2D eigenvalue weighted by atomic mass is 10.0. The average Bonchev–Trinajstić information content (AvgIpc) is 2.85. The molecule has 0 aliphatic heterocycles. The maximum Gasteiger partial charge on any atom is 0.0688 e. The predicted octanol–water partition coefficient (Wildman–Crippen LogP) is 3.71. The fraction of sp³-hybridized carbons (Fsp3) is 0.400. The molecule has 3 heteroatoms. The zero-order valence-corrected chi connectivity index (χ0v) is 12.1. The van der Waals surface area contributed by atoms with Crippen molar-refractivity contribution >= 4 is 11.3 Å². The molecule has 1 unspecified atom stereocenters. The van der Waals surface area contributed by atoms with Gasteiger partial charge in [0.1, 0.15) is 0 Å². The summed E-state index contributed by atoms with van der Waals surface area (Å²) in [5, 5.41) is 3.56. The lowest BCUT2D eigenvalue weighted by Crippen LogP contribution is -2.22. The van der Waals surface area contributed by atoms with E-state index in [4.69, 9.17) is 0 Å². The first-order valence-electron chi connectivity index (χ1n) is 6.48. The average molecular weight is 260 g/mol. The summed E-state index contributed by atoms with van der Waals surface area (Å²) in [6.07, 6.45) is 4.94. The summed E-state index contributed by atoms with van der Waals surface area (Å²) in [5.74, 6) is 0. The monoisotopic (exact) mass is 260 g/mol. The van der Waals surface area contributed by atoms with Gasteiger partial charge in [0.15, 0.2) is 0 Å². The van der Waals surface area contributed by atoms with Crippen molar-refractivity contribution in [1.82, 2.24) is 10.3 Å². The Morgan fingerprint density at radius 3 is 2.72 bits per heavy atom. The minimum Gasteiger partial charge on any atom is -0.306 e. The molecular weight excluding hydrogens is 240 g/mol. The maximum absolute atomic E-state index is 4.27. The van der Waals surface area contributed by atoms with E-state index in [2.05, 4.69) is 49.3 Å². The highest BCUT2D eigenvalue weighted by atomic mass is 32.1. The van der Waals surface area contributed by atoms with E-state index in [0.29, 0.717) is 0 Å². The minimum absolute atomic E-state index is 0.272. The van der Waals surface area contributed by atoms with Crippen molar-refractivity contribution in [1.29, 1.82) is 0 Å². The van der Waals surface area contributed by atoms with Crippen LogP contribution in [0.2, 0.25) is 0 Å². The smallest absolute Gasteiger partial charge is 0.0688 e. The van der Waals surface area contributed by atoms with Gasteiger partial charge in [0.2, 0.25) is 0 Å². The molecule has 0 saturated heterocycles. The molecule has 0 saturated carbocycles. The maximum atomic E-state index is 4.27. The summed E-state index contributed by atoms with van der Waals surface area (Å²) >= 11 is 1.89. The molecule has 0 fully saturated rings. The Balaban J connectivity index is 2.36. The summed E-state index contributed by atoms with van der Waals surface area (Å²) in [6, 6.07) is 6.82. The Hall–Kier alpha value is -1.19. The second-order valence-electron chi connectivity index (χ2n) is 4.38. The highest BCUT2D eigenvalue weighted by Crippen LogP contribution is 2.30. The molecule has 0 aromatic carbocycles. The van der Waals surface area contributed by atoms with Crippen LogP contribution in [-0.2, 0) is 6.42 Å². The number of rotatable bonds is 5. The number of hydrogen-bond donors (Lipinski definition) is 1. The van der Waals surface area contributed by atoms with Crippen LogP contribution in [-0.4, -0.2) is 11.5 Å². The van der Waals surface area contributed by atoms with Crippen LogP contribution in [0.25, 0.3) is 0 Å². The fourth-order valence-corrected chi connectivity index (χ4v) is 3.13. The van der Waals surface area contributed by atoms with Crippen molar-refractivity contribution < 1.29 is 0 Å². The molecule has 18 heavy (non-hydrogen) atoms. The molecule has 2 aromatic rings. The van der Waals surface area contributed by atoms with Crippen molar-refractivity contribution in [2.75, 3.05) is 6.54 Å². The van der Waals surface area contributed by atoms with E-state index in [-0.39, 0.29) is 6.04 Å². The fourth-order valence-electron chi connectivity index (χ4n) is 2.09. The van der Waals surface area contributed by atoms with Crippen molar-refractivity contribution in [2.24, 2.45) is 0 Å². The van der Waals surface area contributed by atoms with Gasteiger partial charge in [0, 0.05) is 22.1 Å². The van der Waals surface area contributed by atoms with Crippen LogP contribution in [0, 0.1) is 6.92 Å². The zero-order chi connectivity index (χ0) is 13.0. The van der Waals surface area contributed by atoms with E-state index in [1.54, 1.807) is 0 Å². The Morgan fingerprint density at radius 1 is 1.28 bits per heavy atom. The number of pyridine rings is 1. The topological polar surface area (TPSA) is 24.9 Å². The van der Waals surface area contributed by atoms with Crippen LogP contribution in [0.5, 0.6) is 0 Å². The predicted molar refractivity (Wildman–Crippen MR) is 78.2 cm³/mol. The van der Waals surface area contributed by atoms with Gasteiger partial charge in [-0.3, -0.25) is 4.98 Å². The normalized spacial score (nSPS) is 12.6. The van der Waals surface area contributed by atoms with Crippen molar-refractivity contribution in [2.45, 2.75) is 33.2 Å². The van der Waals surface area contributed by atoms with Gasteiger partial charge in [-0.1, -0.05) is 13.8 Å². The number of aryl methyl sites for hydroxylation is 2. The van der Waals surface area contributed by atoms with E-state index in [1.807, 2.05) is 23.7 Å². The third kappa shape index (κ3) is 2.79. The second-order valence-corrected chi connectivity index (χ2v) is 5.58. The first-order chi connectivity index (χ1) is 8.76. The summed E-state index contributed by atoms with van der Waals surface area (Å²) in [5.41, 5.74) is 2.58. The van der Waals surface area contributed by atoms with E-state index in [0.717, 1.165) is 13.0 Å². The summed E-state index contributed by atoms with van der Waals surface area (Å²) in [7, 11) is 0. The Labute approximate surface area is 113 Å². The molecule has 96 valence electrons. The van der Waals surface area contributed by atoms with Gasteiger partial charge < -0.3 is 5.32 Å². The van der Waals surface area contributed by atoms with Crippen molar-refractivity contribution in [3.8, 4) is 0 Å². The first kappa shape index (κ1) is 13.2. The van der Waals surface area contributed by atoms with E-state index in [1.165, 1.54) is 20.9 Å². The highest BCUT2D eigenvalue weighted by Gasteiger charge is 2.17. The van der Waals surface area contributed by atoms with Gasteiger partial charge in [-0.25, -0.2) is 0 Å². The van der Waals surface area contributed by atoms with Crippen LogP contribution < -0.4 is 5.32 Å². The number of hydrogen-bond acceptors (Lipinski definition) is 3. The van der Waals surface area contributed by atoms with Gasteiger partial charge in [0.05, 0.1) is 6.04 Å². The van der Waals surface area contributed by atoms with E-state index < -0.39 is 0 Å². The van der Waals surface area contributed by atoms with Gasteiger partial charge in [-0.15, -0.1) is 11.3 Å². The second kappa shape index (κ2) is 6.12. The lowest BCUT2D eigenvalue weighted by molar-refractivity contribution is 0.634. The van der Waals surface area contributed by atoms with Crippen LogP contribution in [0.4, 0.5) is 0 Å². The Morgan fingerprint density at radius 2 is 2.11 bits per heavy atom. The molecule has 2 nitrogen and oxygen atoms in total. The minimum atomic E-state index is 0.272. The number of thiophene rings is 1. The molecule has 2 heterocycles. The molecule has 2 rings (SSSR count). The van der Waals surface area contributed by atoms with Crippen LogP contribution in [0.3, 0.4) is 0 Å². The largest absolute Gasteiger partial charge is 0.306 e. The van der Waals surface area contributed by atoms with Gasteiger partial charge in [-0.2, -0.15) is 0 Å². The van der Waals surface area contributed by atoms with Crippen LogP contribution >= 0.6 is 11.3 Å². The molecule has 2 aromatic heterocycles. The third-order valence-corrected chi connectivity index (χ3v) is 4.41. The van der Waals surface area contributed by atoms with Crippen molar-refractivity contribution in [3.63, 3.8) is 0 Å². The first-order valence-corrected chi connectivity index (χ1v) is 7.30. The molecule has 0 aliphatic carbocycles. The molecule has 0 spiro atoms. The van der Waals surface area contributed by atoms with Crippen LogP contribution in [0.1, 0.15) is 40.8 Å². The number of aromatic nitrogens is 1. The number of nitrogens with one attached hydrogen (secondary N) is 1. The quantitative estimate of drug-likeness (QED) is 0.886. The third-order valence-electron chi connectivity index (χ3n) is 3.11.